The molecule has 0 radical (unpaired) electrons. The zero-order valence-electron chi connectivity index (χ0n) is 11.3. The molecule has 0 bridgehead atoms. The molecular weight excluding hydrogens is 247 g/mol. The van der Waals surface area contributed by atoms with E-state index in [1.165, 1.54) is 12.1 Å². The molecule has 1 saturated heterocycles. The van der Waals surface area contributed by atoms with Crippen LogP contribution in [0.15, 0.2) is 18.2 Å². The third-order valence-electron chi connectivity index (χ3n) is 3.51. The summed E-state index contributed by atoms with van der Waals surface area (Å²) in [7, 11) is 0. The molecule has 0 saturated carbocycles. The number of benzene rings is 1. The third-order valence-corrected chi connectivity index (χ3v) is 3.51. The van der Waals surface area contributed by atoms with E-state index in [2.05, 4.69) is 4.90 Å². The molecule has 104 valence electrons. The summed E-state index contributed by atoms with van der Waals surface area (Å²) in [6, 6.07) is 4.47. The summed E-state index contributed by atoms with van der Waals surface area (Å²) >= 11 is 0. The fourth-order valence-electron chi connectivity index (χ4n) is 2.41. The van der Waals surface area contributed by atoms with Gasteiger partial charge in [0.2, 0.25) is 5.91 Å². The van der Waals surface area contributed by atoms with Crippen LogP contribution in [0.4, 0.5) is 10.1 Å². The number of rotatable bonds is 2. The van der Waals surface area contributed by atoms with Crippen LogP contribution in [0, 0.1) is 5.82 Å². The van der Waals surface area contributed by atoms with E-state index in [0.717, 1.165) is 5.69 Å². The Morgan fingerprint density at radius 1 is 1.32 bits per heavy atom. The van der Waals surface area contributed by atoms with Gasteiger partial charge in [0.15, 0.2) is 0 Å². The lowest BCUT2D eigenvalue weighted by molar-refractivity contribution is -0.129. The minimum Gasteiger partial charge on any atom is -0.389 e. The summed E-state index contributed by atoms with van der Waals surface area (Å²) in [5.74, 6) is -0.267. The highest BCUT2D eigenvalue weighted by molar-refractivity contribution is 5.73. The second kappa shape index (κ2) is 5.57. The SMILES string of the molecule is CC(=O)N1CCN(c2ccc(F)cc2C(C)O)CC1. The maximum absolute atomic E-state index is 13.3. The third kappa shape index (κ3) is 3.04. The van der Waals surface area contributed by atoms with Crippen LogP contribution in [0.2, 0.25) is 0 Å². The number of halogens is 1. The Bertz CT molecular complexity index is 469. The molecule has 4 nitrogen and oxygen atoms in total. The molecule has 1 aliphatic rings. The van der Waals surface area contributed by atoms with Gasteiger partial charge in [-0.15, -0.1) is 0 Å². The zero-order chi connectivity index (χ0) is 14.0. The van der Waals surface area contributed by atoms with Crippen LogP contribution in [0.25, 0.3) is 0 Å². The summed E-state index contributed by atoms with van der Waals surface area (Å²) in [5.41, 5.74) is 1.44. The molecule has 1 atom stereocenters. The Labute approximate surface area is 112 Å². The van der Waals surface area contributed by atoms with Crippen molar-refractivity contribution in [3.8, 4) is 0 Å². The molecule has 1 unspecified atom stereocenters. The van der Waals surface area contributed by atoms with Crippen LogP contribution >= 0.6 is 0 Å². The van der Waals surface area contributed by atoms with Crippen LogP contribution in [0.3, 0.4) is 0 Å². The molecule has 19 heavy (non-hydrogen) atoms. The fourth-order valence-corrected chi connectivity index (χ4v) is 2.41. The Hall–Kier alpha value is -1.62. The minimum absolute atomic E-state index is 0.0782. The molecule has 2 rings (SSSR count). The maximum atomic E-state index is 13.3. The molecule has 1 fully saturated rings. The van der Waals surface area contributed by atoms with Crippen LogP contribution in [-0.4, -0.2) is 42.1 Å². The van der Waals surface area contributed by atoms with Crippen molar-refractivity contribution in [2.45, 2.75) is 20.0 Å². The van der Waals surface area contributed by atoms with Crippen molar-refractivity contribution < 1.29 is 14.3 Å². The quantitative estimate of drug-likeness (QED) is 0.883. The largest absolute Gasteiger partial charge is 0.389 e. The number of amides is 1. The van der Waals surface area contributed by atoms with Gasteiger partial charge in [0, 0.05) is 44.4 Å². The molecule has 1 heterocycles. The summed E-state index contributed by atoms with van der Waals surface area (Å²) in [6.07, 6.45) is -0.712. The predicted molar refractivity (Wildman–Crippen MR) is 71.5 cm³/mol. The lowest BCUT2D eigenvalue weighted by atomic mass is 10.1. The Morgan fingerprint density at radius 3 is 2.47 bits per heavy atom. The van der Waals surface area contributed by atoms with Crippen molar-refractivity contribution in [1.29, 1.82) is 0 Å². The molecule has 1 aromatic rings. The number of hydrogen-bond donors (Lipinski definition) is 1. The number of carbonyl (C=O) groups is 1. The van der Waals surface area contributed by atoms with Crippen molar-refractivity contribution >= 4 is 11.6 Å². The maximum Gasteiger partial charge on any atom is 0.219 e. The molecule has 1 aromatic carbocycles. The average Bonchev–Trinajstić information content (AvgIpc) is 2.38. The summed E-state index contributed by atoms with van der Waals surface area (Å²) in [4.78, 5) is 15.2. The normalized spacial score (nSPS) is 17.5. The van der Waals surface area contributed by atoms with Gasteiger partial charge in [-0.3, -0.25) is 4.79 Å². The van der Waals surface area contributed by atoms with Crippen molar-refractivity contribution in [2.24, 2.45) is 0 Å². The molecule has 1 N–H and O–H groups in total. The lowest BCUT2D eigenvalue weighted by Gasteiger charge is -2.36. The number of aliphatic hydroxyl groups is 1. The van der Waals surface area contributed by atoms with Crippen LogP contribution in [0.5, 0.6) is 0 Å². The zero-order valence-corrected chi connectivity index (χ0v) is 11.3. The number of aliphatic hydroxyl groups excluding tert-OH is 1. The smallest absolute Gasteiger partial charge is 0.219 e. The Kier molecular flexibility index (Phi) is 4.04. The van der Waals surface area contributed by atoms with Gasteiger partial charge in [-0.1, -0.05) is 0 Å². The second-order valence-electron chi connectivity index (χ2n) is 4.87. The highest BCUT2D eigenvalue weighted by atomic mass is 19.1. The molecule has 5 heteroatoms. The minimum atomic E-state index is -0.712. The first-order valence-electron chi connectivity index (χ1n) is 6.47. The van der Waals surface area contributed by atoms with Gasteiger partial charge < -0.3 is 14.9 Å². The van der Waals surface area contributed by atoms with E-state index in [9.17, 15) is 14.3 Å². The topological polar surface area (TPSA) is 43.8 Å². The van der Waals surface area contributed by atoms with E-state index in [1.807, 2.05) is 0 Å². The highest BCUT2D eigenvalue weighted by Crippen LogP contribution is 2.28. The van der Waals surface area contributed by atoms with E-state index in [0.29, 0.717) is 31.7 Å². The van der Waals surface area contributed by atoms with Gasteiger partial charge in [-0.25, -0.2) is 4.39 Å². The van der Waals surface area contributed by atoms with Crippen LogP contribution < -0.4 is 4.90 Å². The number of anilines is 1. The van der Waals surface area contributed by atoms with Gasteiger partial charge >= 0.3 is 0 Å². The molecule has 1 aliphatic heterocycles. The van der Waals surface area contributed by atoms with Crippen LogP contribution in [-0.2, 0) is 4.79 Å². The van der Waals surface area contributed by atoms with Crippen molar-refractivity contribution in [1.82, 2.24) is 4.90 Å². The first kappa shape index (κ1) is 13.8. The number of nitrogens with zero attached hydrogens (tertiary/aromatic N) is 2. The van der Waals surface area contributed by atoms with E-state index in [-0.39, 0.29) is 11.7 Å². The van der Waals surface area contributed by atoms with Crippen molar-refractivity contribution in [3.63, 3.8) is 0 Å². The summed E-state index contributed by atoms with van der Waals surface area (Å²) in [6.45, 7) is 5.91. The molecular formula is C14H19FN2O2. The summed E-state index contributed by atoms with van der Waals surface area (Å²) in [5, 5.41) is 9.74. The van der Waals surface area contributed by atoms with E-state index < -0.39 is 6.10 Å². The first-order valence-corrected chi connectivity index (χ1v) is 6.47. The number of hydrogen-bond acceptors (Lipinski definition) is 3. The first-order chi connectivity index (χ1) is 8.99. The molecule has 0 spiro atoms. The van der Waals surface area contributed by atoms with Gasteiger partial charge in [0.05, 0.1) is 6.10 Å². The molecule has 0 aliphatic carbocycles. The monoisotopic (exact) mass is 266 g/mol. The highest BCUT2D eigenvalue weighted by Gasteiger charge is 2.21. The van der Waals surface area contributed by atoms with Crippen molar-refractivity contribution in [3.05, 3.63) is 29.6 Å². The fraction of sp³-hybridized carbons (Fsp3) is 0.500. The van der Waals surface area contributed by atoms with E-state index >= 15 is 0 Å². The molecule has 0 aromatic heterocycles. The average molecular weight is 266 g/mol. The van der Waals surface area contributed by atoms with Crippen LogP contribution in [0.1, 0.15) is 25.5 Å². The van der Waals surface area contributed by atoms with Gasteiger partial charge in [-0.05, 0) is 25.1 Å². The van der Waals surface area contributed by atoms with Gasteiger partial charge in [-0.2, -0.15) is 0 Å². The Morgan fingerprint density at radius 2 is 1.95 bits per heavy atom. The summed E-state index contributed by atoms with van der Waals surface area (Å²) < 4.78 is 13.3. The van der Waals surface area contributed by atoms with Gasteiger partial charge in [0.1, 0.15) is 5.82 Å². The number of carbonyl (C=O) groups excluding carboxylic acids is 1. The predicted octanol–water partition coefficient (Wildman–Crippen LogP) is 1.55. The van der Waals surface area contributed by atoms with Crippen molar-refractivity contribution in [2.75, 3.05) is 31.1 Å². The van der Waals surface area contributed by atoms with E-state index in [1.54, 1.807) is 24.8 Å². The van der Waals surface area contributed by atoms with Gasteiger partial charge in [0.25, 0.3) is 0 Å². The Balaban J connectivity index is 2.17. The second-order valence-corrected chi connectivity index (χ2v) is 4.87. The molecule has 1 amide bonds. The standard InChI is InChI=1S/C14H19FN2O2/c1-10(18)13-9-12(15)3-4-14(13)17-7-5-16(6-8-17)11(2)19/h3-4,9-10,18H,5-8H2,1-2H3. The van der Waals surface area contributed by atoms with E-state index in [4.69, 9.17) is 0 Å². The number of piperazine rings is 1. The lowest BCUT2D eigenvalue weighted by Crippen LogP contribution is -2.48.